The number of aliphatic hydroxyl groups is 1. The minimum atomic E-state index is -0.944. The van der Waals surface area contributed by atoms with E-state index >= 15 is 0 Å². The van der Waals surface area contributed by atoms with E-state index in [1.165, 1.54) is 6.92 Å². The average molecular weight is 206 g/mol. The summed E-state index contributed by atoms with van der Waals surface area (Å²) in [7, 11) is 0. The summed E-state index contributed by atoms with van der Waals surface area (Å²) >= 11 is 0. The predicted octanol–water partition coefficient (Wildman–Crippen LogP) is 1.79. The van der Waals surface area contributed by atoms with Crippen molar-refractivity contribution in [3.8, 4) is 5.75 Å². The molecule has 0 heterocycles. The number of carbonyl (C=O) groups is 1. The Labute approximate surface area is 88.7 Å². The van der Waals surface area contributed by atoms with Crippen molar-refractivity contribution in [3.63, 3.8) is 0 Å². The maximum atomic E-state index is 11.4. The summed E-state index contributed by atoms with van der Waals surface area (Å²) in [4.78, 5) is 11.4. The second-order valence-corrected chi connectivity index (χ2v) is 3.88. The van der Waals surface area contributed by atoms with Crippen LogP contribution < -0.4 is 4.74 Å². The molecule has 1 aromatic carbocycles. The highest BCUT2D eigenvalue weighted by Gasteiger charge is 2.23. The summed E-state index contributed by atoms with van der Waals surface area (Å²) in [6.07, 6.45) is 1.66. The number of hydrogen-bond acceptors (Lipinski definition) is 3. The van der Waals surface area contributed by atoms with Gasteiger partial charge in [-0.25, -0.2) is 0 Å². The second kappa shape index (κ2) is 4.03. The summed E-state index contributed by atoms with van der Waals surface area (Å²) < 4.78 is 5.55. The van der Waals surface area contributed by atoms with Crippen LogP contribution >= 0.6 is 0 Å². The summed E-state index contributed by atoms with van der Waals surface area (Å²) in [5, 5.41) is 9.12. The lowest BCUT2D eigenvalue weighted by molar-refractivity contribution is 0.0779. The van der Waals surface area contributed by atoms with E-state index in [0.717, 1.165) is 18.6 Å². The maximum Gasteiger partial charge on any atom is 0.190 e. The molecule has 1 aliphatic carbocycles. The van der Waals surface area contributed by atoms with Gasteiger partial charge in [0.05, 0.1) is 6.10 Å². The van der Waals surface area contributed by atoms with Gasteiger partial charge in [-0.15, -0.1) is 0 Å². The fraction of sp³-hybridized carbons (Fsp3) is 0.417. The molecule has 1 atom stereocenters. The van der Waals surface area contributed by atoms with Gasteiger partial charge in [0.2, 0.25) is 0 Å². The van der Waals surface area contributed by atoms with Crippen LogP contribution in [0.15, 0.2) is 24.3 Å². The van der Waals surface area contributed by atoms with Crippen LogP contribution in [0.3, 0.4) is 0 Å². The quantitative estimate of drug-likeness (QED) is 0.764. The normalized spacial score (nSPS) is 17.2. The Morgan fingerprint density at radius 3 is 2.47 bits per heavy atom. The van der Waals surface area contributed by atoms with Gasteiger partial charge in [0.25, 0.3) is 0 Å². The fourth-order valence-electron chi connectivity index (χ4n) is 1.32. The molecule has 0 spiro atoms. The molecule has 1 saturated carbocycles. The third-order valence-electron chi connectivity index (χ3n) is 2.35. The largest absolute Gasteiger partial charge is 0.490 e. The highest BCUT2D eigenvalue weighted by Crippen LogP contribution is 2.26. The molecule has 0 aromatic heterocycles. The average Bonchev–Trinajstić information content (AvgIpc) is 3.02. The lowest BCUT2D eigenvalue weighted by Gasteiger charge is -2.06. The van der Waals surface area contributed by atoms with Crippen molar-refractivity contribution in [1.82, 2.24) is 0 Å². The minimum Gasteiger partial charge on any atom is -0.490 e. The van der Waals surface area contributed by atoms with E-state index in [9.17, 15) is 4.79 Å². The van der Waals surface area contributed by atoms with E-state index < -0.39 is 6.10 Å². The zero-order valence-corrected chi connectivity index (χ0v) is 8.64. The van der Waals surface area contributed by atoms with Crippen molar-refractivity contribution in [3.05, 3.63) is 29.8 Å². The lowest BCUT2D eigenvalue weighted by atomic mass is 10.1. The minimum absolute atomic E-state index is 0.257. The molecule has 2 rings (SSSR count). The number of carbonyl (C=O) groups excluding carboxylic acids is 1. The van der Waals surface area contributed by atoms with Gasteiger partial charge in [-0.2, -0.15) is 0 Å². The SMILES string of the molecule is CC(O)C(=O)c1ccc(OC2CC2)cc1. The number of ketones is 1. The monoisotopic (exact) mass is 206 g/mol. The Morgan fingerprint density at radius 1 is 1.40 bits per heavy atom. The van der Waals surface area contributed by atoms with Crippen LogP contribution in [-0.4, -0.2) is 23.1 Å². The molecule has 0 amide bonds. The third-order valence-corrected chi connectivity index (χ3v) is 2.35. The van der Waals surface area contributed by atoms with Crippen LogP contribution in [0, 0.1) is 0 Å². The first-order chi connectivity index (χ1) is 7.16. The van der Waals surface area contributed by atoms with Gasteiger partial charge in [0.15, 0.2) is 5.78 Å². The van der Waals surface area contributed by atoms with Gasteiger partial charge < -0.3 is 9.84 Å². The smallest absolute Gasteiger partial charge is 0.190 e. The molecule has 1 aliphatic rings. The first-order valence-electron chi connectivity index (χ1n) is 5.16. The van der Waals surface area contributed by atoms with Crippen LogP contribution in [0.4, 0.5) is 0 Å². The molecule has 0 aliphatic heterocycles. The number of rotatable bonds is 4. The molecule has 1 aromatic rings. The molecule has 80 valence electrons. The molecule has 1 fully saturated rings. The molecule has 3 heteroatoms. The van der Waals surface area contributed by atoms with Crippen molar-refractivity contribution in [2.45, 2.75) is 32.0 Å². The van der Waals surface area contributed by atoms with Crippen LogP contribution in [0.1, 0.15) is 30.1 Å². The summed E-state index contributed by atoms with van der Waals surface area (Å²) in [5.74, 6) is 0.535. The van der Waals surface area contributed by atoms with Crippen molar-refractivity contribution in [1.29, 1.82) is 0 Å². The Balaban J connectivity index is 2.05. The zero-order valence-electron chi connectivity index (χ0n) is 8.64. The van der Waals surface area contributed by atoms with Gasteiger partial charge in [-0.3, -0.25) is 4.79 Å². The standard InChI is InChI=1S/C12H14O3/c1-8(13)12(14)9-2-4-10(5-3-9)15-11-6-7-11/h2-5,8,11,13H,6-7H2,1H3. The summed E-state index contributed by atoms with van der Waals surface area (Å²) in [6, 6.07) is 6.92. The van der Waals surface area contributed by atoms with E-state index in [2.05, 4.69) is 0 Å². The van der Waals surface area contributed by atoms with Crippen molar-refractivity contribution >= 4 is 5.78 Å². The van der Waals surface area contributed by atoms with E-state index in [1.54, 1.807) is 24.3 Å². The van der Waals surface area contributed by atoms with Gasteiger partial charge in [0.1, 0.15) is 11.9 Å². The van der Waals surface area contributed by atoms with Crippen LogP contribution in [0.25, 0.3) is 0 Å². The molecule has 0 radical (unpaired) electrons. The predicted molar refractivity (Wildman–Crippen MR) is 56.1 cm³/mol. The van der Waals surface area contributed by atoms with Crippen molar-refractivity contribution < 1.29 is 14.6 Å². The van der Waals surface area contributed by atoms with Gasteiger partial charge in [-0.1, -0.05) is 0 Å². The van der Waals surface area contributed by atoms with E-state index in [4.69, 9.17) is 9.84 Å². The molecule has 0 saturated heterocycles. The molecule has 15 heavy (non-hydrogen) atoms. The second-order valence-electron chi connectivity index (χ2n) is 3.88. The van der Waals surface area contributed by atoms with Gasteiger partial charge in [-0.05, 0) is 44.0 Å². The Bertz CT molecular complexity index is 350. The van der Waals surface area contributed by atoms with Crippen molar-refractivity contribution in [2.24, 2.45) is 0 Å². The number of ether oxygens (including phenoxy) is 1. The first kappa shape index (κ1) is 10.2. The Hall–Kier alpha value is -1.35. The fourth-order valence-corrected chi connectivity index (χ4v) is 1.32. The zero-order chi connectivity index (χ0) is 10.8. The molecule has 1 unspecified atom stereocenters. The number of Topliss-reactive ketones (excluding diaryl/α,β-unsaturated/α-hetero) is 1. The van der Waals surface area contributed by atoms with Gasteiger partial charge in [0, 0.05) is 5.56 Å². The first-order valence-corrected chi connectivity index (χ1v) is 5.16. The number of benzene rings is 1. The number of aliphatic hydroxyl groups excluding tert-OH is 1. The van der Waals surface area contributed by atoms with E-state index in [-0.39, 0.29) is 5.78 Å². The van der Waals surface area contributed by atoms with Crippen LogP contribution in [0.2, 0.25) is 0 Å². The topological polar surface area (TPSA) is 46.5 Å². The Morgan fingerprint density at radius 2 is 2.00 bits per heavy atom. The molecule has 1 N–H and O–H groups in total. The summed E-state index contributed by atoms with van der Waals surface area (Å²) in [5.41, 5.74) is 0.521. The van der Waals surface area contributed by atoms with E-state index in [1.807, 2.05) is 0 Å². The molecular weight excluding hydrogens is 192 g/mol. The Kier molecular flexibility index (Phi) is 2.73. The lowest BCUT2D eigenvalue weighted by Crippen LogP contribution is -2.15. The van der Waals surface area contributed by atoms with Crippen LogP contribution in [0.5, 0.6) is 5.75 Å². The molecule has 0 bridgehead atoms. The highest BCUT2D eigenvalue weighted by atomic mass is 16.5. The number of hydrogen-bond donors (Lipinski definition) is 1. The van der Waals surface area contributed by atoms with Crippen LogP contribution in [-0.2, 0) is 0 Å². The van der Waals surface area contributed by atoms with Crippen molar-refractivity contribution in [2.75, 3.05) is 0 Å². The molecular formula is C12H14O3. The third kappa shape index (κ3) is 2.57. The highest BCUT2D eigenvalue weighted by molar-refractivity contribution is 5.99. The summed E-state index contributed by atoms with van der Waals surface area (Å²) in [6.45, 7) is 1.47. The molecule has 3 nitrogen and oxygen atoms in total. The van der Waals surface area contributed by atoms with E-state index in [0.29, 0.717) is 11.7 Å². The van der Waals surface area contributed by atoms with Gasteiger partial charge >= 0.3 is 0 Å². The maximum absolute atomic E-state index is 11.4.